The molecule has 1 fully saturated rings. The van der Waals surface area contributed by atoms with Crippen LogP contribution < -0.4 is 11.3 Å². The van der Waals surface area contributed by atoms with Crippen LogP contribution in [0.5, 0.6) is 0 Å². The number of hydrogen-bond donors (Lipinski definition) is 2. The minimum absolute atomic E-state index is 0.0322. The Morgan fingerprint density at radius 3 is 3.12 bits per heavy atom. The molecule has 1 aliphatic rings. The Bertz CT molecular complexity index is 347. The van der Waals surface area contributed by atoms with E-state index in [1.807, 2.05) is 11.4 Å². The summed E-state index contributed by atoms with van der Waals surface area (Å²) in [6.45, 7) is 2.57. The number of nitrogens with zero attached hydrogens (tertiary/aromatic N) is 1. The lowest BCUT2D eigenvalue weighted by Gasteiger charge is -2.34. The summed E-state index contributed by atoms with van der Waals surface area (Å²) >= 11 is 7.72. The fraction of sp³-hybridized carbons (Fsp3) is 0.600. The molecule has 1 saturated heterocycles. The van der Waals surface area contributed by atoms with E-state index in [1.165, 1.54) is 0 Å². The Balaban J connectivity index is 2.13. The van der Waals surface area contributed by atoms with Crippen molar-refractivity contribution in [3.63, 3.8) is 0 Å². The first-order valence-corrected chi connectivity index (χ1v) is 6.47. The van der Waals surface area contributed by atoms with E-state index in [0.29, 0.717) is 0 Å². The molecule has 1 aromatic rings. The summed E-state index contributed by atoms with van der Waals surface area (Å²) in [6.07, 6.45) is 0.0555. The van der Waals surface area contributed by atoms with Crippen molar-refractivity contribution >= 4 is 22.9 Å². The average molecular weight is 262 g/mol. The molecule has 6 heteroatoms. The molecule has 2 unspecified atom stereocenters. The molecule has 0 aromatic carbocycles. The van der Waals surface area contributed by atoms with Gasteiger partial charge in [0.25, 0.3) is 0 Å². The Hall–Kier alpha value is -0.170. The van der Waals surface area contributed by atoms with Gasteiger partial charge in [0.1, 0.15) is 0 Å². The highest BCUT2D eigenvalue weighted by molar-refractivity contribution is 7.10. The average Bonchev–Trinajstić information content (AvgIpc) is 2.67. The van der Waals surface area contributed by atoms with Gasteiger partial charge in [-0.3, -0.25) is 5.84 Å². The summed E-state index contributed by atoms with van der Waals surface area (Å²) in [5.41, 5.74) is 2.81. The molecular weight excluding hydrogens is 246 g/mol. The monoisotopic (exact) mass is 261 g/mol. The van der Waals surface area contributed by atoms with Crippen LogP contribution >= 0.6 is 22.9 Å². The highest BCUT2D eigenvalue weighted by atomic mass is 35.5. The number of nitrogens with two attached hydrogens (primary N) is 1. The van der Waals surface area contributed by atoms with Crippen LogP contribution in [-0.4, -0.2) is 37.7 Å². The third-order valence-electron chi connectivity index (χ3n) is 2.78. The molecule has 0 spiro atoms. The third kappa shape index (κ3) is 2.56. The lowest BCUT2D eigenvalue weighted by molar-refractivity contribution is -0.0386. The molecule has 0 aliphatic carbocycles. The van der Waals surface area contributed by atoms with Crippen LogP contribution in [0.25, 0.3) is 0 Å². The number of rotatable bonds is 3. The van der Waals surface area contributed by atoms with E-state index < -0.39 is 0 Å². The lowest BCUT2D eigenvalue weighted by atomic mass is 10.1. The molecule has 2 rings (SSSR count). The molecule has 0 amide bonds. The van der Waals surface area contributed by atoms with Crippen molar-refractivity contribution in [2.75, 3.05) is 26.7 Å². The Morgan fingerprint density at radius 2 is 2.56 bits per heavy atom. The number of hydrazine groups is 1. The second-order valence-corrected chi connectivity index (χ2v) is 5.30. The minimum Gasteiger partial charge on any atom is -0.373 e. The molecule has 16 heavy (non-hydrogen) atoms. The van der Waals surface area contributed by atoms with Crippen molar-refractivity contribution < 1.29 is 4.74 Å². The molecular formula is C10H16ClN3OS. The van der Waals surface area contributed by atoms with E-state index in [2.05, 4.69) is 17.4 Å². The molecule has 0 bridgehead atoms. The van der Waals surface area contributed by atoms with Crippen LogP contribution in [-0.2, 0) is 4.74 Å². The first-order chi connectivity index (χ1) is 7.72. The zero-order valence-electron chi connectivity index (χ0n) is 9.15. The smallest absolute Gasteiger partial charge is 0.0918 e. The maximum absolute atomic E-state index is 6.11. The molecule has 1 aromatic heterocycles. The summed E-state index contributed by atoms with van der Waals surface area (Å²) in [5, 5.41) is 2.72. The van der Waals surface area contributed by atoms with Crippen LogP contribution in [0.3, 0.4) is 0 Å². The van der Waals surface area contributed by atoms with Crippen LogP contribution in [0.2, 0.25) is 5.02 Å². The quantitative estimate of drug-likeness (QED) is 0.635. The van der Waals surface area contributed by atoms with E-state index in [1.54, 1.807) is 11.3 Å². The van der Waals surface area contributed by atoms with Crippen LogP contribution in [0.4, 0.5) is 0 Å². The number of morpholine rings is 1. The zero-order chi connectivity index (χ0) is 11.5. The van der Waals surface area contributed by atoms with E-state index >= 15 is 0 Å². The Labute approximate surface area is 104 Å². The predicted octanol–water partition coefficient (Wildman–Crippen LogP) is 1.24. The molecule has 4 nitrogen and oxygen atoms in total. The van der Waals surface area contributed by atoms with Gasteiger partial charge in [-0.15, -0.1) is 11.3 Å². The predicted molar refractivity (Wildman–Crippen MR) is 66.6 cm³/mol. The zero-order valence-corrected chi connectivity index (χ0v) is 10.7. The normalized spacial score (nSPS) is 24.6. The summed E-state index contributed by atoms with van der Waals surface area (Å²) in [6, 6.07) is 1.86. The summed E-state index contributed by atoms with van der Waals surface area (Å²) in [5.74, 6) is 5.61. The number of nitrogens with one attached hydrogen (secondary N) is 1. The second kappa shape index (κ2) is 5.44. The highest BCUT2D eigenvalue weighted by Crippen LogP contribution is 2.32. The van der Waals surface area contributed by atoms with Crippen LogP contribution in [0.15, 0.2) is 11.4 Å². The Kier molecular flexibility index (Phi) is 4.18. The van der Waals surface area contributed by atoms with Gasteiger partial charge in [0, 0.05) is 18.0 Å². The van der Waals surface area contributed by atoms with Gasteiger partial charge in [0.05, 0.1) is 23.8 Å². The van der Waals surface area contributed by atoms with Gasteiger partial charge < -0.3 is 9.64 Å². The van der Waals surface area contributed by atoms with Gasteiger partial charge in [-0.05, 0) is 18.5 Å². The summed E-state index contributed by atoms with van der Waals surface area (Å²) in [7, 11) is 2.08. The molecule has 0 radical (unpaired) electrons. The molecule has 90 valence electrons. The van der Waals surface area contributed by atoms with Crippen molar-refractivity contribution in [2.45, 2.75) is 12.1 Å². The van der Waals surface area contributed by atoms with Crippen molar-refractivity contribution in [3.05, 3.63) is 21.3 Å². The number of hydrogen-bond acceptors (Lipinski definition) is 5. The number of ether oxygens (including phenoxy) is 1. The first-order valence-electron chi connectivity index (χ1n) is 5.21. The van der Waals surface area contributed by atoms with Crippen molar-refractivity contribution in [3.8, 4) is 0 Å². The molecule has 2 heterocycles. The van der Waals surface area contributed by atoms with Crippen LogP contribution in [0.1, 0.15) is 10.9 Å². The maximum atomic E-state index is 6.11. The molecule has 1 aliphatic heterocycles. The second-order valence-electron chi connectivity index (χ2n) is 3.95. The number of thiophene rings is 1. The van der Waals surface area contributed by atoms with E-state index in [0.717, 1.165) is 29.6 Å². The standard InChI is InChI=1S/C10H16ClN3OS/c1-14-3-4-15-8(6-14)9(13-12)10-7(11)2-5-16-10/h2,5,8-9,13H,3-4,6,12H2,1H3. The topological polar surface area (TPSA) is 50.5 Å². The Morgan fingerprint density at radius 1 is 1.75 bits per heavy atom. The van der Waals surface area contributed by atoms with Crippen molar-refractivity contribution in [1.82, 2.24) is 10.3 Å². The minimum atomic E-state index is -0.0322. The molecule has 0 saturated carbocycles. The van der Waals surface area contributed by atoms with Gasteiger partial charge >= 0.3 is 0 Å². The SMILES string of the molecule is CN1CCOC(C(NN)c2sccc2Cl)C1. The van der Waals surface area contributed by atoms with E-state index in [-0.39, 0.29) is 12.1 Å². The lowest BCUT2D eigenvalue weighted by Crippen LogP contribution is -2.48. The maximum Gasteiger partial charge on any atom is 0.0918 e. The van der Waals surface area contributed by atoms with Gasteiger partial charge in [-0.2, -0.15) is 0 Å². The number of likely N-dealkylation sites (N-methyl/N-ethyl adjacent to an activating group) is 1. The van der Waals surface area contributed by atoms with Gasteiger partial charge in [0.15, 0.2) is 0 Å². The van der Waals surface area contributed by atoms with Crippen LogP contribution in [0, 0.1) is 0 Å². The van der Waals surface area contributed by atoms with Gasteiger partial charge in [-0.1, -0.05) is 11.6 Å². The summed E-state index contributed by atoms with van der Waals surface area (Å²) in [4.78, 5) is 3.28. The van der Waals surface area contributed by atoms with E-state index in [4.69, 9.17) is 22.2 Å². The third-order valence-corrected chi connectivity index (χ3v) is 4.22. The highest BCUT2D eigenvalue weighted by Gasteiger charge is 2.29. The first kappa shape index (κ1) is 12.3. The van der Waals surface area contributed by atoms with Crippen molar-refractivity contribution in [2.24, 2.45) is 5.84 Å². The van der Waals surface area contributed by atoms with Crippen molar-refractivity contribution in [1.29, 1.82) is 0 Å². The largest absolute Gasteiger partial charge is 0.373 e. The van der Waals surface area contributed by atoms with E-state index in [9.17, 15) is 0 Å². The summed E-state index contributed by atoms with van der Waals surface area (Å²) < 4.78 is 5.74. The molecule has 3 N–H and O–H groups in total. The van der Waals surface area contributed by atoms with Gasteiger partial charge in [0.2, 0.25) is 0 Å². The fourth-order valence-electron chi connectivity index (χ4n) is 1.89. The fourth-order valence-corrected chi connectivity index (χ4v) is 3.18. The number of halogens is 1. The van der Waals surface area contributed by atoms with Gasteiger partial charge in [-0.25, -0.2) is 5.43 Å². The molecule has 2 atom stereocenters.